The quantitative estimate of drug-likeness (QED) is 0.601. The third-order valence-electron chi connectivity index (χ3n) is 1.12. The van der Waals surface area contributed by atoms with Crippen LogP contribution < -0.4 is 4.74 Å². The van der Waals surface area contributed by atoms with Gasteiger partial charge in [-0.1, -0.05) is 0 Å². The minimum atomic E-state index is -2.77. The van der Waals surface area contributed by atoms with Gasteiger partial charge in [0.25, 0.3) is 0 Å². The normalized spacial score (nSPS) is 9.08. The van der Waals surface area contributed by atoms with Crippen LogP contribution in [0.15, 0.2) is 24.3 Å². The van der Waals surface area contributed by atoms with Crippen LogP contribution in [0.25, 0.3) is 0 Å². The first-order chi connectivity index (χ1) is 6.18. The van der Waals surface area contributed by atoms with E-state index in [1.807, 2.05) is 0 Å². The molecule has 0 radical (unpaired) electrons. The van der Waals surface area contributed by atoms with Crippen LogP contribution in [-0.4, -0.2) is 6.61 Å². The number of hydrogen-bond donors (Lipinski definition) is 0. The van der Waals surface area contributed by atoms with Crippen LogP contribution >= 0.6 is 13.6 Å². The molecule has 0 aliphatic carbocycles. The SMILES string of the molecule is [CH2-]c1cccc(OC(F)F)c1.[Zn+][Br]. The molecule has 0 bridgehead atoms. The van der Waals surface area contributed by atoms with Gasteiger partial charge in [-0.05, 0) is 6.07 Å². The first-order valence-corrected chi connectivity index (χ1v) is 10.3. The average Bonchev–Trinajstić information content (AvgIpc) is 2.06. The number of halogens is 3. The van der Waals surface area contributed by atoms with Crippen LogP contribution in [-0.2, 0) is 16.3 Å². The summed E-state index contributed by atoms with van der Waals surface area (Å²) in [6, 6.07) is 6.23. The zero-order valence-corrected chi connectivity index (χ0v) is 11.4. The van der Waals surface area contributed by atoms with E-state index in [1.165, 1.54) is 28.5 Å². The van der Waals surface area contributed by atoms with E-state index in [1.54, 1.807) is 12.1 Å². The fourth-order valence-electron chi connectivity index (χ4n) is 0.722. The summed E-state index contributed by atoms with van der Waals surface area (Å²) in [7, 11) is 0. The molecule has 0 heterocycles. The van der Waals surface area contributed by atoms with E-state index in [0.29, 0.717) is 5.56 Å². The van der Waals surface area contributed by atoms with Gasteiger partial charge in [-0.3, -0.25) is 0 Å². The fourth-order valence-corrected chi connectivity index (χ4v) is 0.722. The maximum atomic E-state index is 11.6. The van der Waals surface area contributed by atoms with Crippen molar-refractivity contribution >= 4 is 13.6 Å². The molecule has 0 unspecified atom stereocenters. The fraction of sp³-hybridized carbons (Fsp3) is 0.125. The number of ether oxygens (including phenoxy) is 1. The first kappa shape index (κ1) is 12.9. The van der Waals surface area contributed by atoms with Crippen LogP contribution in [0.4, 0.5) is 8.78 Å². The van der Waals surface area contributed by atoms with Crippen LogP contribution in [0.1, 0.15) is 5.56 Å². The van der Waals surface area contributed by atoms with Crippen molar-refractivity contribution in [3.05, 3.63) is 36.8 Å². The Labute approximate surface area is 92.5 Å². The molecular weight excluding hydrogens is 295 g/mol. The second-order valence-corrected chi connectivity index (χ2v) is 2.03. The Morgan fingerprint density at radius 1 is 1.38 bits per heavy atom. The number of rotatable bonds is 2. The summed E-state index contributed by atoms with van der Waals surface area (Å²) in [5.74, 6) is 0.146. The Hall–Kier alpha value is -0.147. The van der Waals surface area contributed by atoms with Crippen molar-refractivity contribution in [2.24, 2.45) is 0 Å². The zero-order valence-electron chi connectivity index (χ0n) is 6.84. The summed E-state index contributed by atoms with van der Waals surface area (Å²) >= 11 is 4.25. The minimum absolute atomic E-state index is 0.146. The Kier molecular flexibility index (Phi) is 7.19. The first-order valence-electron chi connectivity index (χ1n) is 3.32. The molecule has 1 rings (SSSR count). The number of benzene rings is 1. The molecule has 1 aromatic rings. The molecular formula is C8H7BrF2OZn. The Morgan fingerprint density at radius 3 is 2.46 bits per heavy atom. The molecule has 0 aliphatic heterocycles. The van der Waals surface area contributed by atoms with Gasteiger partial charge in [0.2, 0.25) is 0 Å². The van der Waals surface area contributed by atoms with E-state index in [-0.39, 0.29) is 5.75 Å². The van der Waals surface area contributed by atoms with E-state index < -0.39 is 6.61 Å². The third-order valence-corrected chi connectivity index (χ3v) is 1.12. The monoisotopic (exact) mass is 300 g/mol. The Balaban J connectivity index is 0.000000671. The van der Waals surface area contributed by atoms with Crippen molar-refractivity contribution in [2.45, 2.75) is 6.61 Å². The van der Waals surface area contributed by atoms with E-state index in [2.05, 4.69) is 25.3 Å². The Bertz CT molecular complexity index is 245. The molecule has 0 aromatic heterocycles. The van der Waals surface area contributed by atoms with Gasteiger partial charge in [-0.2, -0.15) is 27.3 Å². The molecule has 0 amide bonds. The second-order valence-electron chi connectivity index (χ2n) is 2.03. The van der Waals surface area contributed by atoms with Crippen molar-refractivity contribution in [3.63, 3.8) is 0 Å². The molecule has 68 valence electrons. The van der Waals surface area contributed by atoms with E-state index in [9.17, 15) is 8.78 Å². The third kappa shape index (κ3) is 6.00. The van der Waals surface area contributed by atoms with Crippen molar-refractivity contribution in [2.75, 3.05) is 0 Å². The summed E-state index contributed by atoms with van der Waals surface area (Å²) in [6.07, 6.45) is 0. The van der Waals surface area contributed by atoms with Crippen molar-refractivity contribution in [1.82, 2.24) is 0 Å². The van der Waals surface area contributed by atoms with E-state index >= 15 is 0 Å². The van der Waals surface area contributed by atoms with Crippen LogP contribution in [0, 0.1) is 6.92 Å². The van der Waals surface area contributed by atoms with Gasteiger partial charge < -0.3 is 4.74 Å². The summed E-state index contributed by atoms with van der Waals surface area (Å²) in [5.41, 5.74) is 0.656. The molecule has 0 N–H and O–H groups in total. The van der Waals surface area contributed by atoms with E-state index in [0.717, 1.165) is 0 Å². The van der Waals surface area contributed by atoms with Gasteiger partial charge in [-0.25, -0.2) is 0 Å². The van der Waals surface area contributed by atoms with Gasteiger partial charge in [0.15, 0.2) is 0 Å². The summed E-state index contributed by atoms with van der Waals surface area (Å²) in [5, 5.41) is 0. The number of hydrogen-bond acceptors (Lipinski definition) is 1. The molecule has 1 aromatic carbocycles. The van der Waals surface area contributed by atoms with Crippen molar-refractivity contribution in [3.8, 4) is 5.75 Å². The summed E-state index contributed by atoms with van der Waals surface area (Å²) < 4.78 is 27.3. The van der Waals surface area contributed by atoms with Crippen molar-refractivity contribution < 1.29 is 29.9 Å². The van der Waals surface area contributed by atoms with Gasteiger partial charge in [0.1, 0.15) is 0 Å². The molecule has 0 fully saturated rings. The van der Waals surface area contributed by atoms with Crippen LogP contribution in [0.5, 0.6) is 5.75 Å². The molecule has 5 heteroatoms. The van der Waals surface area contributed by atoms with Gasteiger partial charge in [0, 0.05) is 0 Å². The van der Waals surface area contributed by atoms with Crippen molar-refractivity contribution in [1.29, 1.82) is 0 Å². The standard InChI is InChI=1S/C8H7F2O.BrH.Zn/c1-6-3-2-4-7(5-6)11-8(9)10;;/h2-5,8H,1H2;1H;/q-1;;+2/p-1. The van der Waals surface area contributed by atoms with Crippen LogP contribution in [0.2, 0.25) is 0 Å². The molecule has 1 nitrogen and oxygen atoms in total. The summed E-state index contributed by atoms with van der Waals surface area (Å²) in [6.45, 7) is 0.797. The molecule has 0 aliphatic rings. The predicted molar refractivity (Wildman–Crippen MR) is 46.5 cm³/mol. The van der Waals surface area contributed by atoms with Gasteiger partial charge in [0.05, 0.1) is 5.75 Å². The Morgan fingerprint density at radius 2 is 2.00 bits per heavy atom. The second kappa shape index (κ2) is 7.28. The molecule has 0 atom stereocenters. The zero-order chi connectivity index (χ0) is 10.3. The van der Waals surface area contributed by atoms with Gasteiger partial charge >= 0.3 is 36.6 Å². The van der Waals surface area contributed by atoms with E-state index in [4.69, 9.17) is 0 Å². The molecule has 13 heavy (non-hydrogen) atoms. The molecule has 0 spiro atoms. The molecule has 0 saturated heterocycles. The number of alkyl halides is 2. The maximum absolute atomic E-state index is 11.6. The average molecular weight is 302 g/mol. The van der Waals surface area contributed by atoms with Gasteiger partial charge in [-0.15, -0.1) is 12.1 Å². The predicted octanol–water partition coefficient (Wildman–Crippen LogP) is 3.31. The molecule has 0 saturated carbocycles. The summed E-state index contributed by atoms with van der Waals surface area (Å²) in [4.78, 5) is 0. The topological polar surface area (TPSA) is 9.23 Å². The van der Waals surface area contributed by atoms with Crippen LogP contribution in [0.3, 0.4) is 0 Å².